The van der Waals surface area contributed by atoms with Crippen molar-refractivity contribution in [3.8, 4) is 0 Å². The number of likely N-dealkylation sites (tertiary alicyclic amines) is 1. The van der Waals surface area contributed by atoms with Crippen molar-refractivity contribution >= 4 is 11.8 Å². The highest BCUT2D eigenvalue weighted by atomic mass is 16.2. The number of benzene rings is 1. The van der Waals surface area contributed by atoms with Gasteiger partial charge in [-0.1, -0.05) is 17.7 Å². The number of carbonyl (C=O) groups is 2. The number of nitrogens with zero attached hydrogens (tertiary/aromatic N) is 3. The van der Waals surface area contributed by atoms with Gasteiger partial charge in [0.25, 0.3) is 5.91 Å². The van der Waals surface area contributed by atoms with Crippen LogP contribution >= 0.6 is 0 Å². The molecular formula is C24H31N3O2. The minimum absolute atomic E-state index is 0.119. The number of hydrogen-bond acceptors (Lipinski definition) is 3. The van der Waals surface area contributed by atoms with Crippen LogP contribution in [0.15, 0.2) is 48.8 Å². The lowest BCUT2D eigenvalue weighted by Gasteiger charge is -2.32. The van der Waals surface area contributed by atoms with Crippen LogP contribution in [0.4, 0.5) is 0 Å². The molecule has 0 bridgehead atoms. The van der Waals surface area contributed by atoms with E-state index in [2.05, 4.69) is 4.98 Å². The van der Waals surface area contributed by atoms with Crippen molar-refractivity contribution in [2.45, 2.75) is 46.1 Å². The second kappa shape index (κ2) is 10.2. The maximum atomic E-state index is 12.7. The van der Waals surface area contributed by atoms with Gasteiger partial charge in [-0.15, -0.1) is 0 Å². The van der Waals surface area contributed by atoms with Gasteiger partial charge in [0.05, 0.1) is 0 Å². The van der Waals surface area contributed by atoms with E-state index >= 15 is 0 Å². The highest BCUT2D eigenvalue weighted by Crippen LogP contribution is 2.24. The van der Waals surface area contributed by atoms with Gasteiger partial charge in [0.2, 0.25) is 5.91 Å². The molecule has 154 valence electrons. The topological polar surface area (TPSA) is 53.5 Å². The molecule has 1 aliphatic heterocycles. The van der Waals surface area contributed by atoms with Crippen LogP contribution in [0, 0.1) is 12.8 Å². The molecule has 1 aromatic heterocycles. The molecule has 2 heterocycles. The van der Waals surface area contributed by atoms with E-state index in [-0.39, 0.29) is 11.8 Å². The fourth-order valence-corrected chi connectivity index (χ4v) is 3.87. The number of piperidine rings is 1. The SMILES string of the molecule is CCN(Cc1ccncc1)C(=O)CCC1CCN(C(=O)c2ccc(C)cc2)CC1. The molecule has 1 saturated heterocycles. The van der Waals surface area contributed by atoms with Crippen molar-refractivity contribution in [1.82, 2.24) is 14.8 Å². The summed E-state index contributed by atoms with van der Waals surface area (Å²) < 4.78 is 0. The van der Waals surface area contributed by atoms with Crippen LogP contribution in [0.3, 0.4) is 0 Å². The first kappa shape index (κ1) is 21.0. The monoisotopic (exact) mass is 393 g/mol. The molecule has 0 spiro atoms. The molecule has 2 aromatic rings. The predicted molar refractivity (Wildman–Crippen MR) is 114 cm³/mol. The van der Waals surface area contributed by atoms with E-state index in [4.69, 9.17) is 0 Å². The molecule has 3 rings (SSSR count). The Morgan fingerprint density at radius 2 is 1.72 bits per heavy atom. The van der Waals surface area contributed by atoms with Crippen molar-refractivity contribution in [3.63, 3.8) is 0 Å². The maximum absolute atomic E-state index is 12.7. The van der Waals surface area contributed by atoms with Crippen LogP contribution in [0.5, 0.6) is 0 Å². The molecule has 0 atom stereocenters. The fraction of sp³-hybridized carbons (Fsp3) is 0.458. The predicted octanol–water partition coefficient (Wildman–Crippen LogP) is 4.07. The van der Waals surface area contributed by atoms with Crippen LogP contribution in [0.25, 0.3) is 0 Å². The van der Waals surface area contributed by atoms with Crippen molar-refractivity contribution in [2.24, 2.45) is 5.92 Å². The van der Waals surface area contributed by atoms with E-state index in [1.807, 2.05) is 60.0 Å². The van der Waals surface area contributed by atoms with E-state index in [1.54, 1.807) is 12.4 Å². The van der Waals surface area contributed by atoms with Crippen LogP contribution in [0.2, 0.25) is 0 Å². The molecule has 1 fully saturated rings. The number of carbonyl (C=O) groups excluding carboxylic acids is 2. The fourth-order valence-electron chi connectivity index (χ4n) is 3.87. The zero-order valence-electron chi connectivity index (χ0n) is 17.5. The van der Waals surface area contributed by atoms with Gasteiger partial charge in [-0.05, 0) is 68.9 Å². The lowest BCUT2D eigenvalue weighted by molar-refractivity contribution is -0.132. The van der Waals surface area contributed by atoms with E-state index in [1.165, 1.54) is 0 Å². The third-order valence-electron chi connectivity index (χ3n) is 5.82. The Morgan fingerprint density at radius 3 is 2.34 bits per heavy atom. The minimum Gasteiger partial charge on any atom is -0.339 e. The molecule has 5 heteroatoms. The first-order chi connectivity index (χ1) is 14.1. The van der Waals surface area contributed by atoms with Crippen LogP contribution in [0.1, 0.15) is 54.1 Å². The largest absolute Gasteiger partial charge is 0.339 e. The second-order valence-electron chi connectivity index (χ2n) is 7.90. The highest BCUT2D eigenvalue weighted by molar-refractivity contribution is 5.94. The average molecular weight is 394 g/mol. The Labute approximate surface area is 173 Å². The number of rotatable bonds is 7. The van der Waals surface area contributed by atoms with Crippen LogP contribution in [-0.2, 0) is 11.3 Å². The van der Waals surface area contributed by atoms with E-state index in [9.17, 15) is 9.59 Å². The molecule has 1 aliphatic rings. The van der Waals surface area contributed by atoms with Crippen LogP contribution in [-0.4, -0.2) is 46.2 Å². The lowest BCUT2D eigenvalue weighted by Crippen LogP contribution is -2.39. The third kappa shape index (κ3) is 5.89. The normalized spacial score (nSPS) is 14.6. The average Bonchev–Trinajstić information content (AvgIpc) is 2.77. The highest BCUT2D eigenvalue weighted by Gasteiger charge is 2.24. The zero-order chi connectivity index (χ0) is 20.6. The summed E-state index contributed by atoms with van der Waals surface area (Å²) in [4.78, 5) is 33.2. The summed E-state index contributed by atoms with van der Waals surface area (Å²) in [6, 6.07) is 11.7. The second-order valence-corrected chi connectivity index (χ2v) is 7.90. The summed E-state index contributed by atoms with van der Waals surface area (Å²) in [7, 11) is 0. The Kier molecular flexibility index (Phi) is 7.39. The minimum atomic E-state index is 0.119. The van der Waals surface area contributed by atoms with Gasteiger partial charge in [0, 0.05) is 50.6 Å². The maximum Gasteiger partial charge on any atom is 0.253 e. The molecule has 0 saturated carbocycles. The summed E-state index contributed by atoms with van der Waals surface area (Å²) in [5.41, 5.74) is 3.03. The van der Waals surface area contributed by atoms with Gasteiger partial charge in [-0.25, -0.2) is 0 Å². The third-order valence-corrected chi connectivity index (χ3v) is 5.82. The molecule has 1 aromatic carbocycles. The molecular weight excluding hydrogens is 362 g/mol. The molecule has 0 radical (unpaired) electrons. The summed E-state index contributed by atoms with van der Waals surface area (Å²) >= 11 is 0. The van der Waals surface area contributed by atoms with E-state index in [0.29, 0.717) is 25.4 Å². The van der Waals surface area contributed by atoms with Crippen molar-refractivity contribution in [1.29, 1.82) is 0 Å². The van der Waals surface area contributed by atoms with Crippen molar-refractivity contribution in [3.05, 3.63) is 65.5 Å². The van der Waals surface area contributed by atoms with Gasteiger partial charge in [0.1, 0.15) is 0 Å². The molecule has 0 aliphatic carbocycles. The quantitative estimate of drug-likeness (QED) is 0.712. The number of aromatic nitrogens is 1. The summed E-state index contributed by atoms with van der Waals surface area (Å²) in [6.45, 7) is 6.96. The van der Waals surface area contributed by atoms with Gasteiger partial charge in [0.15, 0.2) is 0 Å². The van der Waals surface area contributed by atoms with Crippen molar-refractivity contribution < 1.29 is 9.59 Å². The summed E-state index contributed by atoms with van der Waals surface area (Å²) in [5, 5.41) is 0. The molecule has 29 heavy (non-hydrogen) atoms. The summed E-state index contributed by atoms with van der Waals surface area (Å²) in [6.07, 6.45) is 6.95. The Hall–Kier alpha value is -2.69. The standard InChI is InChI=1S/C24H31N3O2/c1-3-26(18-21-10-14-25-15-11-21)23(28)9-6-20-12-16-27(17-13-20)24(29)22-7-4-19(2)5-8-22/h4-5,7-8,10-11,14-15,20H,3,6,9,12-13,16-18H2,1-2H3. The molecule has 2 amide bonds. The van der Waals surface area contributed by atoms with E-state index in [0.717, 1.165) is 49.0 Å². The smallest absolute Gasteiger partial charge is 0.253 e. The zero-order valence-corrected chi connectivity index (χ0v) is 17.5. The van der Waals surface area contributed by atoms with Gasteiger partial charge >= 0.3 is 0 Å². The molecule has 0 N–H and O–H groups in total. The van der Waals surface area contributed by atoms with E-state index < -0.39 is 0 Å². The first-order valence-corrected chi connectivity index (χ1v) is 10.6. The molecule has 0 unspecified atom stereocenters. The number of amides is 2. The Bertz CT molecular complexity index is 797. The Balaban J connectivity index is 1.43. The number of aryl methyl sites for hydroxylation is 1. The lowest BCUT2D eigenvalue weighted by atomic mass is 9.91. The number of hydrogen-bond donors (Lipinski definition) is 0. The van der Waals surface area contributed by atoms with Gasteiger partial charge in [-0.2, -0.15) is 0 Å². The Morgan fingerprint density at radius 1 is 1.07 bits per heavy atom. The number of pyridine rings is 1. The van der Waals surface area contributed by atoms with Crippen molar-refractivity contribution in [2.75, 3.05) is 19.6 Å². The summed E-state index contributed by atoms with van der Waals surface area (Å²) in [5.74, 6) is 0.845. The van der Waals surface area contributed by atoms with Gasteiger partial charge in [-0.3, -0.25) is 14.6 Å². The first-order valence-electron chi connectivity index (χ1n) is 10.6. The van der Waals surface area contributed by atoms with Crippen LogP contribution < -0.4 is 0 Å². The van der Waals surface area contributed by atoms with Gasteiger partial charge < -0.3 is 9.80 Å². The molecule has 5 nitrogen and oxygen atoms in total.